The minimum absolute atomic E-state index is 0.0313. The second kappa shape index (κ2) is 49.9. The number of ether oxygens (including phenoxy) is 2. The molecule has 0 fully saturated rings. The molecule has 0 rings (SSSR count). The molecule has 0 radical (unpaired) electrons. The van der Waals surface area contributed by atoms with E-state index in [1.165, 1.54) is 154 Å². The molecule has 68 heavy (non-hydrogen) atoms. The SMILES string of the molecule is CC/C=C\C/C=C\C/C=C\C/C=C\CCCCCCCCCCCCC(=O)OC(COC(=O)CCCCCCCCCCCCCCCCCCCCCCC)COP(=O)([O-])OCC[N+](C)(C)C. The maximum Gasteiger partial charge on any atom is 0.306 e. The molecule has 2 unspecified atom stereocenters. The molecule has 2 atom stereocenters. The van der Waals surface area contributed by atoms with Crippen molar-refractivity contribution in [2.75, 3.05) is 47.5 Å². The summed E-state index contributed by atoms with van der Waals surface area (Å²) in [5.41, 5.74) is 0. The van der Waals surface area contributed by atoms with Gasteiger partial charge in [-0.25, -0.2) is 0 Å². The van der Waals surface area contributed by atoms with Crippen LogP contribution >= 0.6 is 7.82 Å². The third kappa shape index (κ3) is 53.3. The minimum Gasteiger partial charge on any atom is -0.756 e. The Morgan fingerprint density at radius 1 is 0.471 bits per heavy atom. The second-order valence-corrected chi connectivity index (χ2v) is 21.7. The van der Waals surface area contributed by atoms with E-state index in [0.29, 0.717) is 17.4 Å². The highest BCUT2D eigenvalue weighted by Crippen LogP contribution is 2.38. The van der Waals surface area contributed by atoms with Crippen LogP contribution in [0.1, 0.15) is 258 Å². The van der Waals surface area contributed by atoms with Gasteiger partial charge in [0, 0.05) is 12.8 Å². The normalized spacial score (nSPS) is 13.7. The van der Waals surface area contributed by atoms with E-state index in [2.05, 4.69) is 62.5 Å². The van der Waals surface area contributed by atoms with Crippen molar-refractivity contribution in [2.45, 2.75) is 264 Å². The van der Waals surface area contributed by atoms with E-state index < -0.39 is 26.5 Å². The molecule has 0 aliphatic carbocycles. The second-order valence-electron chi connectivity index (χ2n) is 20.3. The Hall–Kier alpha value is -2.03. The van der Waals surface area contributed by atoms with Gasteiger partial charge >= 0.3 is 11.9 Å². The molecule has 9 nitrogen and oxygen atoms in total. The molecular formula is C58H108NO8P. The first-order chi connectivity index (χ1) is 33.0. The molecule has 0 spiro atoms. The van der Waals surface area contributed by atoms with Gasteiger partial charge in [0.05, 0.1) is 27.7 Å². The zero-order valence-electron chi connectivity index (χ0n) is 45.1. The minimum atomic E-state index is -4.63. The molecule has 10 heteroatoms. The first kappa shape index (κ1) is 66.0. The van der Waals surface area contributed by atoms with Crippen LogP contribution in [0.25, 0.3) is 0 Å². The van der Waals surface area contributed by atoms with Gasteiger partial charge in [0.1, 0.15) is 19.8 Å². The van der Waals surface area contributed by atoms with Crippen molar-refractivity contribution in [2.24, 2.45) is 0 Å². The molecule has 0 amide bonds. The highest BCUT2D eigenvalue weighted by molar-refractivity contribution is 7.45. The van der Waals surface area contributed by atoms with Crippen LogP contribution in [-0.4, -0.2) is 70.0 Å². The number of carbonyl (C=O) groups excluding carboxylic acids is 2. The maximum atomic E-state index is 12.8. The fraction of sp³-hybridized carbons (Fsp3) is 0.828. The van der Waals surface area contributed by atoms with Crippen molar-refractivity contribution < 1.29 is 42.1 Å². The largest absolute Gasteiger partial charge is 0.756 e. The lowest BCUT2D eigenvalue weighted by Gasteiger charge is -2.28. The highest BCUT2D eigenvalue weighted by Gasteiger charge is 2.22. The van der Waals surface area contributed by atoms with Crippen LogP contribution in [0.5, 0.6) is 0 Å². The summed E-state index contributed by atoms with van der Waals surface area (Å²) in [5.74, 6) is -0.828. The average Bonchev–Trinajstić information content (AvgIpc) is 3.30. The van der Waals surface area contributed by atoms with Crippen molar-refractivity contribution >= 4 is 19.8 Å². The monoisotopic (exact) mass is 978 g/mol. The predicted molar refractivity (Wildman–Crippen MR) is 287 cm³/mol. The van der Waals surface area contributed by atoms with E-state index in [9.17, 15) is 19.0 Å². The number of unbranched alkanes of at least 4 members (excludes halogenated alkanes) is 30. The van der Waals surface area contributed by atoms with Crippen LogP contribution in [0.3, 0.4) is 0 Å². The fourth-order valence-corrected chi connectivity index (χ4v) is 8.73. The van der Waals surface area contributed by atoms with Crippen LogP contribution in [-0.2, 0) is 32.7 Å². The van der Waals surface area contributed by atoms with Gasteiger partial charge in [-0.05, 0) is 51.4 Å². The lowest BCUT2D eigenvalue weighted by Crippen LogP contribution is -2.37. The summed E-state index contributed by atoms with van der Waals surface area (Å²) in [6.07, 6.45) is 61.5. The fourth-order valence-electron chi connectivity index (χ4n) is 8.00. The van der Waals surface area contributed by atoms with Crippen LogP contribution in [0.2, 0.25) is 0 Å². The number of hydrogen-bond donors (Lipinski definition) is 0. The van der Waals surface area contributed by atoms with Gasteiger partial charge < -0.3 is 27.9 Å². The molecule has 0 aromatic rings. The van der Waals surface area contributed by atoms with Crippen LogP contribution < -0.4 is 4.89 Å². The molecule has 0 aromatic carbocycles. The van der Waals surface area contributed by atoms with E-state index >= 15 is 0 Å². The number of nitrogens with zero attached hydrogens (tertiary/aromatic N) is 1. The average molecular weight is 978 g/mol. The number of phosphoric acid groups is 1. The zero-order valence-corrected chi connectivity index (χ0v) is 45.9. The lowest BCUT2D eigenvalue weighted by molar-refractivity contribution is -0.870. The van der Waals surface area contributed by atoms with Crippen molar-refractivity contribution in [1.29, 1.82) is 0 Å². The number of allylic oxidation sites excluding steroid dienone is 8. The molecular weight excluding hydrogens is 870 g/mol. The van der Waals surface area contributed by atoms with Crippen LogP contribution in [0.15, 0.2) is 48.6 Å². The Kier molecular flexibility index (Phi) is 48.4. The Labute approximate surface area is 420 Å². The summed E-state index contributed by atoms with van der Waals surface area (Å²) in [7, 11) is 1.17. The Morgan fingerprint density at radius 2 is 0.838 bits per heavy atom. The van der Waals surface area contributed by atoms with Gasteiger partial charge in [0.15, 0.2) is 6.10 Å². The molecule has 0 aromatic heterocycles. The number of carbonyl (C=O) groups is 2. The molecule has 0 saturated carbocycles. The molecule has 0 saturated heterocycles. The van der Waals surface area contributed by atoms with E-state index in [1.54, 1.807) is 0 Å². The van der Waals surface area contributed by atoms with Gasteiger partial charge in [-0.1, -0.05) is 242 Å². The quantitative estimate of drug-likeness (QED) is 0.0195. The first-order valence-electron chi connectivity index (χ1n) is 28.3. The number of quaternary nitrogens is 1. The molecule has 398 valence electrons. The number of esters is 2. The number of hydrogen-bond acceptors (Lipinski definition) is 8. The van der Waals surface area contributed by atoms with Crippen LogP contribution in [0, 0.1) is 0 Å². The van der Waals surface area contributed by atoms with Gasteiger partial charge in [-0.3, -0.25) is 14.2 Å². The van der Waals surface area contributed by atoms with E-state index in [4.69, 9.17) is 18.5 Å². The zero-order chi connectivity index (χ0) is 49.9. The van der Waals surface area contributed by atoms with Gasteiger partial charge in [-0.2, -0.15) is 0 Å². The van der Waals surface area contributed by atoms with Crippen molar-refractivity contribution in [3.8, 4) is 0 Å². The van der Waals surface area contributed by atoms with E-state index in [-0.39, 0.29) is 32.0 Å². The Morgan fingerprint density at radius 3 is 1.25 bits per heavy atom. The van der Waals surface area contributed by atoms with Crippen molar-refractivity contribution in [1.82, 2.24) is 0 Å². The summed E-state index contributed by atoms with van der Waals surface area (Å²) < 4.78 is 34.2. The molecule has 0 aliphatic heterocycles. The van der Waals surface area contributed by atoms with Crippen molar-refractivity contribution in [3.05, 3.63) is 48.6 Å². The Bertz CT molecular complexity index is 1290. The van der Waals surface area contributed by atoms with Gasteiger partial charge in [0.25, 0.3) is 7.82 Å². The summed E-state index contributed by atoms with van der Waals surface area (Å²) in [4.78, 5) is 37.8. The molecule has 0 aliphatic rings. The van der Waals surface area contributed by atoms with E-state index in [0.717, 1.165) is 70.6 Å². The number of likely N-dealkylation sites (N-methyl/N-ethyl adjacent to an activating group) is 1. The summed E-state index contributed by atoms with van der Waals surface area (Å²) in [6.45, 7) is 4.16. The van der Waals surface area contributed by atoms with Crippen LogP contribution in [0.4, 0.5) is 0 Å². The maximum absolute atomic E-state index is 12.8. The molecule has 0 heterocycles. The molecule has 0 N–H and O–H groups in total. The summed E-state index contributed by atoms with van der Waals surface area (Å²) >= 11 is 0. The summed E-state index contributed by atoms with van der Waals surface area (Å²) in [6, 6.07) is 0. The Balaban J connectivity index is 4.17. The topological polar surface area (TPSA) is 111 Å². The van der Waals surface area contributed by atoms with Crippen molar-refractivity contribution in [3.63, 3.8) is 0 Å². The number of rotatable bonds is 52. The smallest absolute Gasteiger partial charge is 0.306 e. The highest BCUT2D eigenvalue weighted by atomic mass is 31.2. The third-order valence-electron chi connectivity index (χ3n) is 12.4. The molecule has 0 bridgehead atoms. The standard InChI is InChI=1S/C58H108NO8P/c1-6-8-10-12-14-16-18-20-22-24-26-28-29-31-33-35-37-39-41-43-45-47-49-51-58(61)67-56(55-66-68(62,63)65-53-52-59(3,4)5)54-64-57(60)50-48-46-44-42-40-38-36-34-32-30-27-25-23-21-19-17-15-13-11-9-7-2/h8,10,14,16,20,22,26,28,56H,6-7,9,11-13,15,17-19,21,23-25,27,29-55H2,1-5H3/b10-8-,16-14-,22-20-,28-26-. The van der Waals surface area contributed by atoms with E-state index in [1.807, 2.05) is 21.1 Å². The summed E-state index contributed by atoms with van der Waals surface area (Å²) in [5, 5.41) is 0. The first-order valence-corrected chi connectivity index (χ1v) is 29.8. The van der Waals surface area contributed by atoms with Gasteiger partial charge in [0.2, 0.25) is 0 Å². The lowest BCUT2D eigenvalue weighted by atomic mass is 10.0. The third-order valence-corrected chi connectivity index (χ3v) is 13.3. The van der Waals surface area contributed by atoms with Gasteiger partial charge in [-0.15, -0.1) is 0 Å². The predicted octanol–water partition coefficient (Wildman–Crippen LogP) is 16.7. The number of phosphoric ester groups is 1.